The zero-order valence-electron chi connectivity index (χ0n) is 13.5. The first-order valence-corrected chi connectivity index (χ1v) is 8.86. The summed E-state index contributed by atoms with van der Waals surface area (Å²) in [6.07, 6.45) is 0.848. The SMILES string of the molecule is CC(C)(C)S(=O)CCN=C(N)NC1CCOc2ccccc21. The van der Waals surface area contributed by atoms with Crippen LogP contribution in [-0.4, -0.2) is 33.8 Å². The fourth-order valence-electron chi connectivity index (χ4n) is 2.27. The predicted molar refractivity (Wildman–Crippen MR) is 91.7 cm³/mol. The molecule has 1 aromatic rings. The zero-order chi connectivity index (χ0) is 16.2. The largest absolute Gasteiger partial charge is 0.493 e. The van der Waals surface area contributed by atoms with Crippen LogP contribution in [0.25, 0.3) is 0 Å². The molecule has 1 heterocycles. The summed E-state index contributed by atoms with van der Waals surface area (Å²) in [5.41, 5.74) is 7.06. The van der Waals surface area contributed by atoms with Gasteiger partial charge in [-0.1, -0.05) is 18.2 Å². The lowest BCUT2D eigenvalue weighted by Crippen LogP contribution is -2.37. The Balaban J connectivity index is 1.91. The first-order valence-electron chi connectivity index (χ1n) is 7.54. The fraction of sp³-hybridized carbons (Fsp3) is 0.562. The van der Waals surface area contributed by atoms with Gasteiger partial charge < -0.3 is 15.8 Å². The molecule has 0 amide bonds. The first-order chi connectivity index (χ1) is 10.4. The highest BCUT2D eigenvalue weighted by atomic mass is 32.2. The third kappa shape index (κ3) is 4.47. The minimum atomic E-state index is -0.907. The van der Waals surface area contributed by atoms with Crippen molar-refractivity contribution in [3.63, 3.8) is 0 Å². The molecular formula is C16H25N3O2S. The highest BCUT2D eigenvalue weighted by Crippen LogP contribution is 2.31. The molecule has 0 aliphatic carbocycles. The van der Waals surface area contributed by atoms with Crippen LogP contribution in [0.2, 0.25) is 0 Å². The number of benzene rings is 1. The van der Waals surface area contributed by atoms with E-state index < -0.39 is 10.8 Å². The molecular weight excluding hydrogens is 298 g/mol. The number of guanidine groups is 1. The molecule has 0 spiro atoms. The van der Waals surface area contributed by atoms with E-state index in [4.69, 9.17) is 10.5 Å². The van der Waals surface area contributed by atoms with Gasteiger partial charge in [0.1, 0.15) is 5.75 Å². The Labute approximate surface area is 134 Å². The Morgan fingerprint density at radius 1 is 1.45 bits per heavy atom. The second-order valence-electron chi connectivity index (χ2n) is 6.30. The quantitative estimate of drug-likeness (QED) is 0.656. The highest BCUT2D eigenvalue weighted by Gasteiger charge is 2.21. The van der Waals surface area contributed by atoms with Crippen LogP contribution in [0.5, 0.6) is 5.75 Å². The van der Waals surface area contributed by atoms with E-state index in [1.807, 2.05) is 45.0 Å². The van der Waals surface area contributed by atoms with Gasteiger partial charge in [-0.15, -0.1) is 0 Å². The van der Waals surface area contributed by atoms with Gasteiger partial charge in [0.05, 0.1) is 19.2 Å². The van der Waals surface area contributed by atoms with Crippen molar-refractivity contribution >= 4 is 16.8 Å². The normalized spacial score (nSPS) is 20.0. The Hall–Kier alpha value is -1.56. The number of hydrogen-bond acceptors (Lipinski definition) is 3. The van der Waals surface area contributed by atoms with Crippen LogP contribution in [0.15, 0.2) is 29.3 Å². The van der Waals surface area contributed by atoms with Crippen LogP contribution in [0.3, 0.4) is 0 Å². The maximum atomic E-state index is 12.0. The monoisotopic (exact) mass is 323 g/mol. The van der Waals surface area contributed by atoms with Crippen LogP contribution in [0.4, 0.5) is 0 Å². The molecule has 2 rings (SSSR count). The van der Waals surface area contributed by atoms with E-state index in [0.29, 0.717) is 24.9 Å². The van der Waals surface area contributed by atoms with Gasteiger partial charge in [0, 0.05) is 33.3 Å². The Bertz CT molecular complexity index is 567. The minimum Gasteiger partial charge on any atom is -0.493 e. The van der Waals surface area contributed by atoms with Gasteiger partial charge in [0.15, 0.2) is 5.96 Å². The summed E-state index contributed by atoms with van der Waals surface area (Å²) in [6.45, 7) is 7.03. The Morgan fingerprint density at radius 2 is 2.18 bits per heavy atom. The van der Waals surface area contributed by atoms with Crippen molar-refractivity contribution in [2.75, 3.05) is 18.9 Å². The fourth-order valence-corrected chi connectivity index (χ4v) is 3.14. The van der Waals surface area contributed by atoms with Gasteiger partial charge in [-0.25, -0.2) is 0 Å². The second-order valence-corrected chi connectivity index (χ2v) is 8.62. The topological polar surface area (TPSA) is 76.7 Å². The predicted octanol–water partition coefficient (Wildman–Crippen LogP) is 1.96. The van der Waals surface area contributed by atoms with Gasteiger partial charge in [-0.05, 0) is 26.8 Å². The summed E-state index contributed by atoms with van der Waals surface area (Å²) < 4.78 is 17.4. The third-order valence-electron chi connectivity index (χ3n) is 3.52. The lowest BCUT2D eigenvalue weighted by atomic mass is 10.0. The molecule has 0 fully saturated rings. The van der Waals surface area contributed by atoms with Crippen molar-refractivity contribution in [2.24, 2.45) is 10.7 Å². The average molecular weight is 323 g/mol. The maximum Gasteiger partial charge on any atom is 0.189 e. The average Bonchev–Trinajstić information content (AvgIpc) is 2.46. The lowest BCUT2D eigenvalue weighted by molar-refractivity contribution is 0.262. The summed E-state index contributed by atoms with van der Waals surface area (Å²) in [7, 11) is -0.907. The van der Waals surface area contributed by atoms with E-state index in [9.17, 15) is 4.21 Å². The standard InChI is InChI=1S/C16H25N3O2S/c1-16(2,3)22(20)11-9-18-15(17)19-13-8-10-21-14-7-5-4-6-12(13)14/h4-7,13H,8-11H2,1-3H3,(H3,17,18,19). The molecule has 0 saturated carbocycles. The first kappa shape index (κ1) is 16.8. The van der Waals surface area contributed by atoms with Gasteiger partial charge in [0.2, 0.25) is 0 Å². The number of fused-ring (bicyclic) bond motifs is 1. The van der Waals surface area contributed by atoms with Crippen molar-refractivity contribution in [3.8, 4) is 5.75 Å². The maximum absolute atomic E-state index is 12.0. The minimum absolute atomic E-state index is 0.113. The van der Waals surface area contributed by atoms with E-state index in [1.54, 1.807) is 0 Å². The smallest absolute Gasteiger partial charge is 0.189 e. The number of nitrogens with two attached hydrogens (primary N) is 1. The molecule has 6 heteroatoms. The van der Waals surface area contributed by atoms with Gasteiger partial charge >= 0.3 is 0 Å². The second kappa shape index (κ2) is 7.13. The summed E-state index contributed by atoms with van der Waals surface area (Å²) in [5.74, 6) is 1.82. The van der Waals surface area contributed by atoms with Crippen molar-refractivity contribution in [1.82, 2.24) is 5.32 Å². The highest BCUT2D eigenvalue weighted by molar-refractivity contribution is 7.86. The van der Waals surface area contributed by atoms with Crippen LogP contribution in [-0.2, 0) is 10.8 Å². The molecule has 1 aliphatic rings. The number of ether oxygens (including phenoxy) is 1. The lowest BCUT2D eigenvalue weighted by Gasteiger charge is -2.27. The van der Waals surface area contributed by atoms with Crippen molar-refractivity contribution in [3.05, 3.63) is 29.8 Å². The van der Waals surface area contributed by atoms with E-state index in [1.165, 1.54) is 0 Å². The third-order valence-corrected chi connectivity index (χ3v) is 5.44. The summed E-state index contributed by atoms with van der Waals surface area (Å²) in [5, 5.41) is 3.24. The summed E-state index contributed by atoms with van der Waals surface area (Å²) in [4.78, 5) is 4.29. The van der Waals surface area contributed by atoms with Crippen LogP contribution in [0, 0.1) is 0 Å². The van der Waals surface area contributed by atoms with Crippen molar-refractivity contribution in [2.45, 2.75) is 38.0 Å². The molecule has 122 valence electrons. The molecule has 22 heavy (non-hydrogen) atoms. The number of para-hydroxylation sites is 1. The number of rotatable bonds is 4. The number of nitrogens with zero attached hydrogens (tertiary/aromatic N) is 1. The van der Waals surface area contributed by atoms with Crippen LogP contribution in [0.1, 0.15) is 38.8 Å². The number of nitrogens with one attached hydrogen (secondary N) is 1. The Kier molecular flexibility index (Phi) is 5.45. The molecule has 0 saturated heterocycles. The van der Waals surface area contributed by atoms with E-state index >= 15 is 0 Å². The van der Waals surface area contributed by atoms with E-state index in [2.05, 4.69) is 10.3 Å². The zero-order valence-corrected chi connectivity index (χ0v) is 14.3. The molecule has 2 atom stereocenters. The molecule has 2 unspecified atom stereocenters. The van der Waals surface area contributed by atoms with Gasteiger partial charge in [-0.3, -0.25) is 9.20 Å². The molecule has 1 aliphatic heterocycles. The molecule has 0 aromatic heterocycles. The summed E-state index contributed by atoms with van der Waals surface area (Å²) >= 11 is 0. The van der Waals surface area contributed by atoms with E-state index in [0.717, 1.165) is 17.7 Å². The molecule has 5 nitrogen and oxygen atoms in total. The van der Waals surface area contributed by atoms with Crippen LogP contribution >= 0.6 is 0 Å². The number of hydrogen-bond donors (Lipinski definition) is 2. The van der Waals surface area contributed by atoms with Crippen LogP contribution < -0.4 is 15.8 Å². The molecule has 1 aromatic carbocycles. The van der Waals surface area contributed by atoms with Crippen molar-refractivity contribution in [1.29, 1.82) is 0 Å². The number of aliphatic imine (C=N–C) groups is 1. The van der Waals surface area contributed by atoms with E-state index in [-0.39, 0.29) is 10.8 Å². The van der Waals surface area contributed by atoms with Gasteiger partial charge in [0.25, 0.3) is 0 Å². The molecule has 0 radical (unpaired) electrons. The van der Waals surface area contributed by atoms with Crippen molar-refractivity contribution < 1.29 is 8.95 Å². The van der Waals surface area contributed by atoms with Gasteiger partial charge in [-0.2, -0.15) is 0 Å². The summed E-state index contributed by atoms with van der Waals surface area (Å²) in [6, 6.07) is 8.06. The molecule has 0 bridgehead atoms. The molecule has 3 N–H and O–H groups in total. The Morgan fingerprint density at radius 3 is 2.91 bits per heavy atom.